The van der Waals surface area contributed by atoms with Gasteiger partial charge in [0.25, 0.3) is 0 Å². The molecule has 96 valence electrons. The molecule has 3 nitrogen and oxygen atoms in total. The molecule has 0 amide bonds. The van der Waals surface area contributed by atoms with Crippen molar-refractivity contribution in [2.75, 3.05) is 13.1 Å². The van der Waals surface area contributed by atoms with E-state index in [0.717, 1.165) is 19.6 Å². The van der Waals surface area contributed by atoms with Crippen LogP contribution in [0, 0.1) is 19.8 Å². The number of nitrogens with zero attached hydrogens (tertiary/aromatic N) is 2. The molecule has 1 aromatic heterocycles. The number of thiazole rings is 1. The van der Waals surface area contributed by atoms with E-state index in [1.807, 2.05) is 11.3 Å². The molecule has 1 aromatic rings. The summed E-state index contributed by atoms with van der Waals surface area (Å²) >= 11 is 1.83. The number of aromatic nitrogens is 1. The summed E-state index contributed by atoms with van der Waals surface area (Å²) in [6.07, 6.45) is 2.56. The first-order valence-corrected chi connectivity index (χ1v) is 7.28. The first-order chi connectivity index (χ1) is 8.10. The number of piperidine rings is 1. The van der Waals surface area contributed by atoms with Crippen molar-refractivity contribution >= 4 is 11.3 Å². The Labute approximate surface area is 108 Å². The van der Waals surface area contributed by atoms with E-state index >= 15 is 0 Å². The van der Waals surface area contributed by atoms with Crippen LogP contribution in [0.3, 0.4) is 0 Å². The van der Waals surface area contributed by atoms with Crippen molar-refractivity contribution in [1.82, 2.24) is 9.88 Å². The molecule has 0 spiro atoms. The van der Waals surface area contributed by atoms with E-state index in [0.29, 0.717) is 12.0 Å². The Morgan fingerprint density at radius 3 is 2.76 bits per heavy atom. The van der Waals surface area contributed by atoms with E-state index in [9.17, 15) is 0 Å². The van der Waals surface area contributed by atoms with Crippen LogP contribution < -0.4 is 5.73 Å². The van der Waals surface area contributed by atoms with Crippen LogP contribution in [-0.4, -0.2) is 29.0 Å². The second-order valence-electron chi connectivity index (χ2n) is 5.20. The van der Waals surface area contributed by atoms with E-state index < -0.39 is 0 Å². The molecule has 2 N–H and O–H groups in total. The van der Waals surface area contributed by atoms with Gasteiger partial charge in [0.1, 0.15) is 0 Å². The van der Waals surface area contributed by atoms with Gasteiger partial charge in [0.05, 0.1) is 10.7 Å². The molecule has 2 rings (SSSR count). The van der Waals surface area contributed by atoms with Crippen molar-refractivity contribution in [2.45, 2.75) is 46.2 Å². The summed E-state index contributed by atoms with van der Waals surface area (Å²) in [5, 5.41) is 1.18. The van der Waals surface area contributed by atoms with Gasteiger partial charge in [0.2, 0.25) is 0 Å². The largest absolute Gasteiger partial charge is 0.330 e. The summed E-state index contributed by atoms with van der Waals surface area (Å²) < 4.78 is 0. The van der Waals surface area contributed by atoms with Crippen molar-refractivity contribution in [3.8, 4) is 0 Å². The van der Waals surface area contributed by atoms with E-state index in [-0.39, 0.29) is 0 Å². The highest BCUT2D eigenvalue weighted by molar-refractivity contribution is 7.11. The van der Waals surface area contributed by atoms with E-state index in [1.165, 1.54) is 28.4 Å². The molecule has 0 bridgehead atoms. The number of hydrogen-bond donors (Lipinski definition) is 1. The fourth-order valence-electron chi connectivity index (χ4n) is 2.58. The van der Waals surface area contributed by atoms with E-state index in [4.69, 9.17) is 5.73 Å². The van der Waals surface area contributed by atoms with Gasteiger partial charge in [-0.1, -0.05) is 0 Å². The Morgan fingerprint density at radius 1 is 1.41 bits per heavy atom. The minimum absolute atomic E-state index is 0.680. The highest BCUT2D eigenvalue weighted by Crippen LogP contribution is 2.26. The maximum Gasteiger partial charge on any atom is 0.0900 e. The summed E-state index contributed by atoms with van der Waals surface area (Å²) in [5.41, 5.74) is 7.01. The lowest BCUT2D eigenvalue weighted by molar-refractivity contribution is 0.114. The Morgan fingerprint density at radius 2 is 2.18 bits per heavy atom. The standard InChI is InChI=1S/C13H23N3S/c1-9-4-5-12(6-14)7-16(9)8-13-10(2)15-11(3)17-13/h9,12H,4-8,14H2,1-3H3. The second kappa shape index (κ2) is 5.46. The Balaban J connectivity index is 2.03. The first kappa shape index (κ1) is 13.0. The van der Waals surface area contributed by atoms with Crippen LogP contribution in [0.5, 0.6) is 0 Å². The van der Waals surface area contributed by atoms with Crippen LogP contribution in [0.2, 0.25) is 0 Å². The quantitative estimate of drug-likeness (QED) is 0.899. The number of nitrogens with two attached hydrogens (primary N) is 1. The molecule has 2 atom stereocenters. The minimum atomic E-state index is 0.680. The Kier molecular flexibility index (Phi) is 4.17. The van der Waals surface area contributed by atoms with Crippen LogP contribution >= 0.6 is 11.3 Å². The van der Waals surface area contributed by atoms with Gasteiger partial charge < -0.3 is 5.73 Å². The first-order valence-electron chi connectivity index (χ1n) is 6.47. The summed E-state index contributed by atoms with van der Waals surface area (Å²) in [5.74, 6) is 0.681. The number of rotatable bonds is 3. The topological polar surface area (TPSA) is 42.2 Å². The molecule has 0 radical (unpaired) electrons. The maximum absolute atomic E-state index is 5.80. The average Bonchev–Trinajstić information content (AvgIpc) is 2.60. The van der Waals surface area contributed by atoms with Crippen LogP contribution in [-0.2, 0) is 6.54 Å². The molecule has 17 heavy (non-hydrogen) atoms. The predicted molar refractivity (Wildman–Crippen MR) is 73.2 cm³/mol. The third kappa shape index (κ3) is 3.06. The summed E-state index contributed by atoms with van der Waals surface area (Å²) in [6.45, 7) is 9.56. The Hall–Kier alpha value is -0.450. The fraction of sp³-hybridized carbons (Fsp3) is 0.769. The molecule has 1 fully saturated rings. The molecule has 1 aliphatic rings. The lowest BCUT2D eigenvalue weighted by Crippen LogP contribution is -2.43. The fourth-order valence-corrected chi connectivity index (χ4v) is 3.54. The van der Waals surface area contributed by atoms with Gasteiger partial charge in [-0.2, -0.15) is 0 Å². The second-order valence-corrected chi connectivity index (χ2v) is 6.49. The molecule has 2 unspecified atom stereocenters. The summed E-state index contributed by atoms with van der Waals surface area (Å²) in [6, 6.07) is 0.680. The van der Waals surface area contributed by atoms with Crippen LogP contribution in [0.1, 0.15) is 35.3 Å². The van der Waals surface area contributed by atoms with Gasteiger partial charge in [0.15, 0.2) is 0 Å². The van der Waals surface area contributed by atoms with E-state index in [1.54, 1.807) is 0 Å². The van der Waals surface area contributed by atoms with Gasteiger partial charge in [-0.05, 0) is 46.1 Å². The van der Waals surface area contributed by atoms with Gasteiger partial charge in [0, 0.05) is 24.0 Å². The van der Waals surface area contributed by atoms with Crippen molar-refractivity contribution in [3.05, 3.63) is 15.6 Å². The van der Waals surface area contributed by atoms with Crippen molar-refractivity contribution < 1.29 is 0 Å². The zero-order chi connectivity index (χ0) is 12.4. The zero-order valence-corrected chi connectivity index (χ0v) is 11.9. The van der Waals surface area contributed by atoms with E-state index in [2.05, 4.69) is 30.7 Å². The highest BCUT2D eigenvalue weighted by Gasteiger charge is 2.25. The SMILES string of the molecule is Cc1nc(C)c(CN2CC(CN)CCC2C)s1. The molecule has 2 heterocycles. The third-order valence-corrected chi connectivity index (χ3v) is 4.85. The highest BCUT2D eigenvalue weighted by atomic mass is 32.1. The molecule has 1 aliphatic heterocycles. The van der Waals surface area contributed by atoms with Crippen LogP contribution in [0.15, 0.2) is 0 Å². The molecule has 4 heteroatoms. The van der Waals surface area contributed by atoms with Gasteiger partial charge in [-0.3, -0.25) is 4.90 Å². The summed E-state index contributed by atoms with van der Waals surface area (Å²) in [4.78, 5) is 8.50. The maximum atomic E-state index is 5.80. The smallest absolute Gasteiger partial charge is 0.0900 e. The minimum Gasteiger partial charge on any atom is -0.330 e. The van der Waals surface area contributed by atoms with Crippen molar-refractivity contribution in [2.24, 2.45) is 11.7 Å². The predicted octanol–water partition coefficient (Wildman–Crippen LogP) is 2.32. The molecule has 0 aliphatic carbocycles. The normalized spacial score (nSPS) is 26.4. The zero-order valence-electron chi connectivity index (χ0n) is 11.1. The monoisotopic (exact) mass is 253 g/mol. The molecule has 0 saturated carbocycles. The molecule has 1 saturated heterocycles. The third-order valence-electron chi connectivity index (χ3n) is 3.79. The average molecular weight is 253 g/mol. The van der Waals surface area contributed by atoms with Crippen LogP contribution in [0.4, 0.5) is 0 Å². The van der Waals surface area contributed by atoms with Crippen molar-refractivity contribution in [1.29, 1.82) is 0 Å². The van der Waals surface area contributed by atoms with Gasteiger partial charge in [-0.15, -0.1) is 11.3 Å². The number of likely N-dealkylation sites (tertiary alicyclic amines) is 1. The molecule has 0 aromatic carbocycles. The number of aryl methyl sites for hydroxylation is 2. The summed E-state index contributed by atoms with van der Waals surface area (Å²) in [7, 11) is 0. The lowest BCUT2D eigenvalue weighted by Gasteiger charge is -2.37. The molecular formula is C13H23N3S. The van der Waals surface area contributed by atoms with Crippen molar-refractivity contribution in [3.63, 3.8) is 0 Å². The van der Waals surface area contributed by atoms with Gasteiger partial charge >= 0.3 is 0 Å². The Bertz CT molecular complexity index is 375. The number of hydrogen-bond acceptors (Lipinski definition) is 4. The van der Waals surface area contributed by atoms with Crippen LogP contribution in [0.25, 0.3) is 0 Å². The van der Waals surface area contributed by atoms with Gasteiger partial charge in [-0.25, -0.2) is 4.98 Å². The lowest BCUT2D eigenvalue weighted by atomic mass is 9.93. The molecular weight excluding hydrogens is 230 g/mol.